The van der Waals surface area contributed by atoms with Gasteiger partial charge in [-0.05, 0) is 48.7 Å². The summed E-state index contributed by atoms with van der Waals surface area (Å²) in [5.74, 6) is 1.54. The van der Waals surface area contributed by atoms with Gasteiger partial charge in [0.1, 0.15) is 15.8 Å². The van der Waals surface area contributed by atoms with Crippen molar-refractivity contribution in [1.29, 1.82) is 0 Å². The van der Waals surface area contributed by atoms with Crippen LogP contribution in [0.1, 0.15) is 24.0 Å². The van der Waals surface area contributed by atoms with Crippen LogP contribution >= 0.6 is 24.0 Å². The minimum absolute atomic E-state index is 0.0151. The number of rotatable bonds is 6. The predicted octanol–water partition coefficient (Wildman–Crippen LogP) is 3.42. The highest BCUT2D eigenvalue weighted by molar-refractivity contribution is 8.26. The van der Waals surface area contributed by atoms with Gasteiger partial charge in [-0.2, -0.15) is 0 Å². The molecule has 1 amide bonds. The summed E-state index contributed by atoms with van der Waals surface area (Å²) in [6, 6.07) is 11.0. The van der Waals surface area contributed by atoms with Crippen molar-refractivity contribution in [3.63, 3.8) is 0 Å². The maximum atomic E-state index is 13.5. The van der Waals surface area contributed by atoms with Crippen molar-refractivity contribution < 1.29 is 19.0 Å². The Morgan fingerprint density at radius 3 is 2.94 bits per heavy atom. The summed E-state index contributed by atoms with van der Waals surface area (Å²) in [5.41, 5.74) is 1.44. The molecule has 0 spiro atoms. The molecule has 2 aromatic heterocycles. The van der Waals surface area contributed by atoms with E-state index in [0.717, 1.165) is 18.4 Å². The van der Waals surface area contributed by atoms with E-state index in [2.05, 4.69) is 10.3 Å². The van der Waals surface area contributed by atoms with Crippen LogP contribution in [-0.4, -0.2) is 50.6 Å². The lowest BCUT2D eigenvalue weighted by Crippen LogP contribution is -2.35. The van der Waals surface area contributed by atoms with E-state index in [1.807, 2.05) is 24.3 Å². The molecule has 0 unspecified atom stereocenters. The van der Waals surface area contributed by atoms with Crippen LogP contribution in [0.5, 0.6) is 11.5 Å². The first-order valence-corrected chi connectivity index (χ1v) is 12.8. The van der Waals surface area contributed by atoms with Gasteiger partial charge < -0.3 is 19.5 Å². The molecule has 3 aliphatic rings. The zero-order valence-corrected chi connectivity index (χ0v) is 20.8. The number of thiocarbonyl (C=S) groups is 1. The minimum Gasteiger partial charge on any atom is -0.454 e. The lowest BCUT2D eigenvalue weighted by atomic mass is 10.2. The fourth-order valence-electron chi connectivity index (χ4n) is 4.38. The molecule has 2 saturated heterocycles. The summed E-state index contributed by atoms with van der Waals surface area (Å²) in [4.78, 5) is 33.3. The second-order valence-corrected chi connectivity index (χ2v) is 10.3. The van der Waals surface area contributed by atoms with Crippen molar-refractivity contribution in [1.82, 2.24) is 14.3 Å². The molecule has 1 atom stereocenters. The van der Waals surface area contributed by atoms with Crippen LogP contribution in [0.15, 0.2) is 52.3 Å². The summed E-state index contributed by atoms with van der Waals surface area (Å²) >= 11 is 6.67. The van der Waals surface area contributed by atoms with Crippen molar-refractivity contribution in [3.8, 4) is 11.5 Å². The number of aromatic nitrogens is 2. The number of benzene rings is 1. The van der Waals surface area contributed by atoms with Crippen molar-refractivity contribution in [2.24, 2.45) is 0 Å². The fourth-order valence-corrected chi connectivity index (χ4v) is 5.64. The first-order valence-electron chi connectivity index (χ1n) is 11.6. The average Bonchev–Trinajstić information content (AvgIpc) is 3.63. The summed E-state index contributed by atoms with van der Waals surface area (Å²) in [6.07, 6.45) is 5.11. The van der Waals surface area contributed by atoms with Crippen LogP contribution < -0.4 is 20.3 Å². The van der Waals surface area contributed by atoms with Gasteiger partial charge in [0.15, 0.2) is 11.5 Å². The number of hydrogen-bond donors (Lipinski definition) is 1. The predicted molar refractivity (Wildman–Crippen MR) is 140 cm³/mol. The highest BCUT2D eigenvalue weighted by Gasteiger charge is 2.35. The summed E-state index contributed by atoms with van der Waals surface area (Å²) in [6.45, 7) is 1.72. The molecule has 0 aliphatic carbocycles. The third-order valence-electron chi connectivity index (χ3n) is 6.23. The van der Waals surface area contributed by atoms with Gasteiger partial charge in [-0.1, -0.05) is 36.1 Å². The number of thioether (sulfide) groups is 1. The Labute approximate surface area is 216 Å². The third-order valence-corrected chi connectivity index (χ3v) is 7.60. The highest BCUT2D eigenvalue weighted by atomic mass is 32.2. The molecule has 0 saturated carbocycles. The van der Waals surface area contributed by atoms with Gasteiger partial charge in [0, 0.05) is 19.3 Å². The number of carbonyl (C=O) groups excluding carboxylic acids is 1. The first-order chi connectivity index (χ1) is 17.6. The van der Waals surface area contributed by atoms with E-state index in [0.29, 0.717) is 51.9 Å². The molecule has 184 valence electrons. The van der Waals surface area contributed by atoms with E-state index in [1.165, 1.54) is 16.2 Å². The Bertz CT molecular complexity index is 1460. The average molecular weight is 523 g/mol. The second-order valence-electron chi connectivity index (χ2n) is 8.58. The summed E-state index contributed by atoms with van der Waals surface area (Å²) < 4.78 is 18.5. The number of carbonyl (C=O) groups is 1. The molecule has 0 radical (unpaired) electrons. The second kappa shape index (κ2) is 9.57. The molecule has 1 aromatic carbocycles. The molecule has 5 heterocycles. The van der Waals surface area contributed by atoms with Crippen molar-refractivity contribution >= 4 is 51.7 Å². The third kappa shape index (κ3) is 4.34. The van der Waals surface area contributed by atoms with Gasteiger partial charge in [0.2, 0.25) is 6.79 Å². The van der Waals surface area contributed by atoms with Gasteiger partial charge >= 0.3 is 0 Å². The largest absolute Gasteiger partial charge is 0.454 e. The zero-order valence-electron chi connectivity index (χ0n) is 19.1. The molecule has 9 nitrogen and oxygen atoms in total. The van der Waals surface area contributed by atoms with Crippen molar-refractivity contribution in [3.05, 3.63) is 69.0 Å². The quantitative estimate of drug-likeness (QED) is 0.386. The van der Waals surface area contributed by atoms with Crippen LogP contribution in [0, 0.1) is 0 Å². The van der Waals surface area contributed by atoms with E-state index >= 15 is 0 Å². The molecule has 11 heteroatoms. The molecular formula is C25H22N4O5S2. The fraction of sp³-hybridized carbons (Fsp3) is 0.280. The Morgan fingerprint density at radius 2 is 2.08 bits per heavy atom. The van der Waals surface area contributed by atoms with E-state index in [9.17, 15) is 9.59 Å². The number of amides is 1. The smallest absolute Gasteiger partial charge is 0.267 e. The van der Waals surface area contributed by atoms with Crippen molar-refractivity contribution in [2.45, 2.75) is 25.5 Å². The first kappa shape index (κ1) is 23.0. The van der Waals surface area contributed by atoms with Gasteiger partial charge in [-0.15, -0.1) is 0 Å². The van der Waals surface area contributed by atoms with Crippen LogP contribution in [0.25, 0.3) is 11.7 Å². The summed E-state index contributed by atoms with van der Waals surface area (Å²) in [7, 11) is 0. The lowest BCUT2D eigenvalue weighted by molar-refractivity contribution is -0.123. The van der Waals surface area contributed by atoms with Crippen LogP contribution in [0.3, 0.4) is 0 Å². The SMILES string of the molecule is O=C1/C(=C/c2c(NCc3ccc4c(c3)OCO4)nc3ccccn3c2=O)SC(=S)N1C[C@@H]1CCCO1. The molecule has 3 aromatic rings. The van der Waals surface area contributed by atoms with Gasteiger partial charge in [0.25, 0.3) is 11.5 Å². The summed E-state index contributed by atoms with van der Waals surface area (Å²) in [5, 5.41) is 3.27. The standard InChI is InChI=1S/C25H22N4O5S2/c30-23-17(11-20-24(31)29(25(35)36-20)13-16-4-3-9-32-16)22(27-21-5-1-2-8-28(21)23)26-12-15-6-7-18-19(10-15)34-14-33-18/h1-2,5-8,10-11,16,26H,3-4,9,12-14H2/b20-11-/t16-/m0/s1. The number of fused-ring (bicyclic) bond motifs is 2. The molecule has 36 heavy (non-hydrogen) atoms. The number of hydrogen-bond acceptors (Lipinski definition) is 9. The normalized spacial score (nSPS) is 20.2. The minimum atomic E-state index is -0.279. The monoisotopic (exact) mass is 522 g/mol. The maximum Gasteiger partial charge on any atom is 0.267 e. The molecule has 0 bridgehead atoms. The Balaban J connectivity index is 1.33. The molecular weight excluding hydrogens is 500 g/mol. The number of nitrogens with zero attached hydrogens (tertiary/aromatic N) is 3. The Hall–Kier alpha value is -3.41. The molecule has 3 aliphatic heterocycles. The van der Waals surface area contributed by atoms with Crippen LogP contribution in [-0.2, 0) is 16.1 Å². The maximum absolute atomic E-state index is 13.5. The topological polar surface area (TPSA) is 94.4 Å². The Morgan fingerprint density at radius 1 is 1.19 bits per heavy atom. The zero-order chi connectivity index (χ0) is 24.6. The van der Waals surface area contributed by atoms with Crippen LogP contribution in [0.2, 0.25) is 0 Å². The number of pyridine rings is 1. The molecule has 1 N–H and O–H groups in total. The van der Waals surface area contributed by atoms with E-state index in [1.54, 1.807) is 29.3 Å². The van der Waals surface area contributed by atoms with Gasteiger partial charge in [0.05, 0.1) is 23.1 Å². The molecule has 2 fully saturated rings. The van der Waals surface area contributed by atoms with Gasteiger partial charge in [-0.25, -0.2) is 4.98 Å². The van der Waals surface area contributed by atoms with E-state index in [4.69, 9.17) is 26.4 Å². The van der Waals surface area contributed by atoms with Gasteiger partial charge in [-0.3, -0.25) is 18.9 Å². The lowest BCUT2D eigenvalue weighted by Gasteiger charge is -2.18. The molecule has 6 rings (SSSR count). The number of nitrogens with one attached hydrogen (secondary N) is 1. The van der Waals surface area contributed by atoms with E-state index in [-0.39, 0.29) is 29.9 Å². The highest BCUT2D eigenvalue weighted by Crippen LogP contribution is 2.35. The van der Waals surface area contributed by atoms with Crippen LogP contribution in [0.4, 0.5) is 5.82 Å². The number of anilines is 1. The number of ether oxygens (including phenoxy) is 3. The van der Waals surface area contributed by atoms with Crippen molar-refractivity contribution in [2.75, 3.05) is 25.3 Å². The van der Waals surface area contributed by atoms with E-state index < -0.39 is 0 Å². The Kier molecular flexibility index (Phi) is 6.12.